The van der Waals surface area contributed by atoms with Crippen LogP contribution in [0.15, 0.2) is 4.63 Å². The van der Waals surface area contributed by atoms with Gasteiger partial charge in [0.25, 0.3) is 0 Å². The molecular formula is C12H20N4O6. The number of carbonyl (C=O) groups excluding carboxylic acids is 2. The summed E-state index contributed by atoms with van der Waals surface area (Å²) in [6.45, 7) is 9.98. The van der Waals surface area contributed by atoms with Crippen molar-refractivity contribution in [2.24, 2.45) is 0 Å². The van der Waals surface area contributed by atoms with E-state index >= 15 is 0 Å². The zero-order valence-corrected chi connectivity index (χ0v) is 13.3. The third-order valence-electron chi connectivity index (χ3n) is 1.85. The molecule has 1 aromatic rings. The normalized spacial score (nSPS) is 11.7. The van der Waals surface area contributed by atoms with E-state index in [2.05, 4.69) is 20.4 Å². The molecule has 22 heavy (non-hydrogen) atoms. The molecule has 10 heteroatoms. The van der Waals surface area contributed by atoms with Crippen LogP contribution in [0.25, 0.3) is 0 Å². The lowest BCUT2D eigenvalue weighted by molar-refractivity contribution is -0.790. The summed E-state index contributed by atoms with van der Waals surface area (Å²) < 4.78 is 14.3. The molecule has 0 fully saturated rings. The number of hydrogen-bond acceptors (Lipinski definition) is 7. The number of hydrogen-bond donors (Lipinski definition) is 2. The second-order valence-corrected chi connectivity index (χ2v) is 6.38. The van der Waals surface area contributed by atoms with Gasteiger partial charge >= 0.3 is 23.8 Å². The van der Waals surface area contributed by atoms with Gasteiger partial charge in [0.15, 0.2) is 0 Å². The molecule has 0 unspecified atom stereocenters. The first-order valence-electron chi connectivity index (χ1n) is 6.47. The number of amides is 2. The second kappa shape index (κ2) is 6.08. The molecule has 0 saturated heterocycles. The summed E-state index contributed by atoms with van der Waals surface area (Å²) in [5, 5.41) is 19.1. The number of anilines is 2. The maximum absolute atomic E-state index is 11.6. The molecule has 124 valence electrons. The van der Waals surface area contributed by atoms with Crippen LogP contribution in [0.2, 0.25) is 0 Å². The van der Waals surface area contributed by atoms with Gasteiger partial charge in [-0.15, -0.1) is 0 Å². The fourth-order valence-corrected chi connectivity index (χ4v) is 1.24. The van der Waals surface area contributed by atoms with Crippen molar-refractivity contribution < 1.29 is 28.6 Å². The summed E-state index contributed by atoms with van der Waals surface area (Å²) >= 11 is 0. The molecule has 1 rings (SSSR count). The molecule has 1 heterocycles. The van der Waals surface area contributed by atoms with E-state index in [1.54, 1.807) is 41.5 Å². The van der Waals surface area contributed by atoms with Gasteiger partial charge in [0.2, 0.25) is 0 Å². The molecule has 10 nitrogen and oxygen atoms in total. The molecule has 0 bridgehead atoms. The van der Waals surface area contributed by atoms with E-state index in [0.717, 1.165) is 0 Å². The zero-order chi connectivity index (χ0) is 17.1. The van der Waals surface area contributed by atoms with Crippen LogP contribution in [0.3, 0.4) is 0 Å². The van der Waals surface area contributed by atoms with Gasteiger partial charge in [-0.25, -0.2) is 9.59 Å². The molecule has 0 aliphatic carbocycles. The second-order valence-electron chi connectivity index (χ2n) is 6.38. The summed E-state index contributed by atoms with van der Waals surface area (Å²) in [4.78, 5) is 23.2. The van der Waals surface area contributed by atoms with Crippen LogP contribution in [0.1, 0.15) is 41.5 Å². The van der Waals surface area contributed by atoms with Crippen molar-refractivity contribution in [3.63, 3.8) is 0 Å². The Kier molecular flexibility index (Phi) is 4.84. The fourth-order valence-electron chi connectivity index (χ4n) is 1.24. The highest BCUT2D eigenvalue weighted by molar-refractivity contribution is 5.91. The summed E-state index contributed by atoms with van der Waals surface area (Å²) in [7, 11) is 0. The zero-order valence-electron chi connectivity index (χ0n) is 13.3. The highest BCUT2D eigenvalue weighted by Gasteiger charge is 2.27. The summed E-state index contributed by atoms with van der Waals surface area (Å²) in [6, 6.07) is 0. The molecule has 2 N–H and O–H groups in total. The number of aromatic nitrogens is 2. The average molecular weight is 316 g/mol. The fraction of sp³-hybridized carbons (Fsp3) is 0.667. The predicted molar refractivity (Wildman–Crippen MR) is 75.2 cm³/mol. The maximum atomic E-state index is 11.6. The Morgan fingerprint density at radius 3 is 1.95 bits per heavy atom. The summed E-state index contributed by atoms with van der Waals surface area (Å²) in [5.41, 5.74) is -1.49. The molecule has 0 radical (unpaired) electrons. The predicted octanol–water partition coefficient (Wildman–Crippen LogP) is 2.00. The minimum Gasteiger partial charge on any atom is -0.444 e. The molecular weight excluding hydrogens is 296 g/mol. The molecule has 2 amide bonds. The summed E-state index contributed by atoms with van der Waals surface area (Å²) in [5.74, 6) is -0.713. The van der Waals surface area contributed by atoms with Gasteiger partial charge in [-0.05, 0) is 46.7 Å². The highest BCUT2D eigenvalue weighted by Crippen LogP contribution is 2.17. The van der Waals surface area contributed by atoms with Gasteiger partial charge in [-0.2, -0.15) is 5.32 Å². The van der Waals surface area contributed by atoms with Gasteiger partial charge in [0.05, 0.1) is 0 Å². The summed E-state index contributed by atoms with van der Waals surface area (Å²) in [6.07, 6.45) is -1.75. The van der Waals surface area contributed by atoms with E-state index in [4.69, 9.17) is 9.47 Å². The number of ether oxygens (including phenoxy) is 2. The Hall–Kier alpha value is -2.52. The van der Waals surface area contributed by atoms with Crippen molar-refractivity contribution >= 4 is 23.8 Å². The van der Waals surface area contributed by atoms with Crippen molar-refractivity contribution in [1.82, 2.24) is 5.16 Å². The minimum atomic E-state index is -0.896. The number of nitrogens with zero attached hydrogens (tertiary/aromatic N) is 2. The van der Waals surface area contributed by atoms with Crippen molar-refractivity contribution in [2.75, 3.05) is 10.6 Å². The molecule has 0 aliphatic heterocycles. The van der Waals surface area contributed by atoms with Crippen LogP contribution < -0.4 is 15.5 Å². The van der Waals surface area contributed by atoms with E-state index in [1.807, 2.05) is 0 Å². The Bertz CT molecular complexity index is 555. The molecule has 1 aromatic heterocycles. The first-order valence-corrected chi connectivity index (χ1v) is 6.47. The molecule has 0 spiro atoms. The maximum Gasteiger partial charge on any atom is 0.474 e. The first-order chi connectivity index (χ1) is 9.87. The standard InChI is InChI=1S/C12H20N4O6/c1-11(2,3)20-9(17)13-7-8(16(19)22-15-7)14-10(18)21-12(4,5)6/h1-6H3,(H,14,18)(H,13,15,17). The van der Waals surface area contributed by atoms with Crippen molar-refractivity contribution in [1.29, 1.82) is 0 Å². The van der Waals surface area contributed by atoms with Gasteiger partial charge in [-0.3, -0.25) is 5.32 Å². The quantitative estimate of drug-likeness (QED) is 0.798. The van der Waals surface area contributed by atoms with E-state index in [9.17, 15) is 14.8 Å². The van der Waals surface area contributed by atoms with Gasteiger partial charge in [0.1, 0.15) is 11.2 Å². The van der Waals surface area contributed by atoms with Crippen LogP contribution in [0, 0.1) is 5.21 Å². The first kappa shape index (κ1) is 17.5. The van der Waals surface area contributed by atoms with Crippen LogP contribution in [0.4, 0.5) is 21.2 Å². The number of rotatable bonds is 2. The van der Waals surface area contributed by atoms with Gasteiger partial charge in [-0.1, -0.05) is 4.90 Å². The molecule has 0 aromatic carbocycles. The molecule has 0 atom stereocenters. The van der Waals surface area contributed by atoms with Crippen molar-refractivity contribution in [2.45, 2.75) is 52.7 Å². The Morgan fingerprint density at radius 2 is 1.50 bits per heavy atom. The van der Waals surface area contributed by atoms with Crippen LogP contribution >= 0.6 is 0 Å². The van der Waals surface area contributed by atoms with Crippen LogP contribution in [-0.2, 0) is 9.47 Å². The lowest BCUT2D eigenvalue weighted by atomic mass is 10.2. The third-order valence-corrected chi connectivity index (χ3v) is 1.85. The Balaban J connectivity index is 2.79. The van der Waals surface area contributed by atoms with E-state index in [1.165, 1.54) is 0 Å². The van der Waals surface area contributed by atoms with E-state index in [-0.39, 0.29) is 10.7 Å². The van der Waals surface area contributed by atoms with E-state index in [0.29, 0.717) is 0 Å². The van der Waals surface area contributed by atoms with Crippen LogP contribution in [-0.4, -0.2) is 28.5 Å². The topological polar surface area (TPSA) is 130 Å². The number of carbonyl (C=O) groups is 2. The Morgan fingerprint density at radius 1 is 1.05 bits per heavy atom. The average Bonchev–Trinajstić information content (AvgIpc) is 2.56. The largest absolute Gasteiger partial charge is 0.474 e. The van der Waals surface area contributed by atoms with Crippen molar-refractivity contribution in [3.8, 4) is 0 Å². The monoisotopic (exact) mass is 316 g/mol. The van der Waals surface area contributed by atoms with Crippen molar-refractivity contribution in [3.05, 3.63) is 5.21 Å². The SMILES string of the molecule is CC(C)(C)OC(=O)Nc1no[n+]([O-])c1NC(=O)OC(C)(C)C. The number of nitrogens with one attached hydrogen (secondary N) is 2. The van der Waals surface area contributed by atoms with Crippen LogP contribution in [0.5, 0.6) is 0 Å². The van der Waals surface area contributed by atoms with E-state index < -0.39 is 29.2 Å². The Labute approximate surface area is 127 Å². The lowest BCUT2D eigenvalue weighted by Gasteiger charge is -2.19. The third kappa shape index (κ3) is 5.85. The highest BCUT2D eigenvalue weighted by atomic mass is 16.8. The van der Waals surface area contributed by atoms with Gasteiger partial charge < -0.3 is 19.3 Å². The lowest BCUT2D eigenvalue weighted by Crippen LogP contribution is -2.34. The van der Waals surface area contributed by atoms with Gasteiger partial charge in [0, 0.05) is 0 Å². The minimum absolute atomic E-state index is 0.0728. The molecule has 0 aliphatic rings. The molecule has 0 saturated carbocycles. The smallest absolute Gasteiger partial charge is 0.444 e.